The van der Waals surface area contributed by atoms with Gasteiger partial charge in [-0.15, -0.1) is 0 Å². The fourth-order valence-electron chi connectivity index (χ4n) is 9.17. The molecule has 9 nitrogen and oxygen atoms in total. The number of aliphatic carboxylic acids is 1. The number of aliphatic imine (C=N–C) groups is 3. The van der Waals surface area contributed by atoms with Crippen LogP contribution < -0.4 is 5.32 Å². The van der Waals surface area contributed by atoms with Gasteiger partial charge in [-0.1, -0.05) is 90.7 Å². The molecule has 6 rings (SSSR count). The van der Waals surface area contributed by atoms with Crippen LogP contribution in [0.15, 0.2) is 119 Å². The number of unbranched alkanes of at least 4 members (excludes halogenated alkanes) is 12. The molecular formula is C50H66N4O5. The number of hydrogen-bond acceptors (Lipinski definition) is 8. The maximum atomic E-state index is 13.4. The Labute approximate surface area is 352 Å². The monoisotopic (exact) mass is 803 g/mol. The minimum Gasteiger partial charge on any atom is -0.511 e. The largest absolute Gasteiger partial charge is 0.511 e. The first-order chi connectivity index (χ1) is 28.5. The molecular weight excluding hydrogens is 737 g/mol. The van der Waals surface area contributed by atoms with E-state index in [-0.39, 0.29) is 30.0 Å². The normalized spacial score (nSPS) is 21.1. The van der Waals surface area contributed by atoms with Crippen molar-refractivity contribution in [3.05, 3.63) is 104 Å². The summed E-state index contributed by atoms with van der Waals surface area (Å²) in [5.41, 5.74) is 11.5. The van der Waals surface area contributed by atoms with Crippen molar-refractivity contribution in [2.75, 3.05) is 0 Å². The molecule has 3 N–H and O–H groups in total. The quantitative estimate of drug-likeness (QED) is 0.0601. The van der Waals surface area contributed by atoms with E-state index in [1.807, 2.05) is 32.1 Å². The number of carbonyl (C=O) groups excluding carboxylic acids is 1. The Balaban J connectivity index is 1.16. The van der Waals surface area contributed by atoms with Crippen LogP contribution in [0.25, 0.3) is 0 Å². The van der Waals surface area contributed by atoms with Gasteiger partial charge in [0.05, 0.1) is 28.5 Å². The van der Waals surface area contributed by atoms with Crippen LogP contribution in [0.3, 0.4) is 0 Å². The molecule has 6 aliphatic rings. The second-order valence-corrected chi connectivity index (χ2v) is 17.0. The molecule has 0 unspecified atom stereocenters. The number of hydrogen-bond donors (Lipinski definition) is 3. The third-order valence-corrected chi connectivity index (χ3v) is 12.8. The van der Waals surface area contributed by atoms with Crippen LogP contribution in [-0.2, 0) is 14.3 Å². The Morgan fingerprint density at radius 3 is 2.12 bits per heavy atom. The van der Waals surface area contributed by atoms with Gasteiger partial charge in [0.25, 0.3) is 0 Å². The molecule has 1 saturated heterocycles. The molecule has 0 saturated carbocycles. The highest BCUT2D eigenvalue weighted by molar-refractivity contribution is 6.21. The van der Waals surface area contributed by atoms with E-state index in [2.05, 4.69) is 45.2 Å². The summed E-state index contributed by atoms with van der Waals surface area (Å²) in [6, 6.07) is 0. The molecule has 0 aromatic heterocycles. The highest BCUT2D eigenvalue weighted by Crippen LogP contribution is 2.46. The number of carboxylic acid groups (broad SMARTS) is 1. The number of ether oxygens (including phenoxy) is 1. The maximum Gasteiger partial charge on any atom is 0.311 e. The summed E-state index contributed by atoms with van der Waals surface area (Å²) in [6.07, 6.45) is 29.5. The van der Waals surface area contributed by atoms with Crippen molar-refractivity contribution < 1.29 is 24.5 Å². The number of carboxylic acids is 1. The fraction of sp³-hybridized carbons (Fsp3) is 0.540. The summed E-state index contributed by atoms with van der Waals surface area (Å²) in [4.78, 5) is 40.5. The molecule has 0 radical (unpaired) electrons. The lowest BCUT2D eigenvalue weighted by molar-refractivity contribution is -0.139. The van der Waals surface area contributed by atoms with Gasteiger partial charge in [-0.05, 0) is 101 Å². The molecule has 5 heterocycles. The lowest BCUT2D eigenvalue weighted by Gasteiger charge is -2.17. The zero-order valence-corrected chi connectivity index (χ0v) is 36.4. The van der Waals surface area contributed by atoms with Gasteiger partial charge in [0.15, 0.2) is 5.76 Å². The van der Waals surface area contributed by atoms with Gasteiger partial charge in [-0.2, -0.15) is 0 Å². The standard InChI is InChI=1S/C50H66N4O5/c1-7-9-10-11-12-13-14-15-16-17-18-19-20-21-22-23-24-46(58)59-50-34(6)41-28-39-32(4)36(25-26-45(56)57)48(53-39)37-27-44(55)47-33(5)40(54-49(37)47)29-42-35(8-2)31(3)38(51-42)30-43(50)52-41/h15-16,28-30,32,36,53,55H,7-14,17-27H2,1-6H3,(H,56,57)/b16-15+,39-28?,42-29?,43-30?,48-37?/t32-,36-/m0/s1. The van der Waals surface area contributed by atoms with Gasteiger partial charge in [-0.3, -0.25) is 9.59 Å². The molecule has 1 fully saturated rings. The number of esters is 1. The number of allylic oxidation sites excluding steroid dienone is 13. The molecule has 59 heavy (non-hydrogen) atoms. The predicted octanol–water partition coefficient (Wildman–Crippen LogP) is 12.5. The summed E-state index contributed by atoms with van der Waals surface area (Å²) in [7, 11) is 0. The minimum absolute atomic E-state index is 0.0174. The van der Waals surface area contributed by atoms with Crippen molar-refractivity contribution in [3.63, 3.8) is 0 Å². The number of nitrogens with zero attached hydrogens (tertiary/aromatic N) is 3. The number of fused-ring (bicyclic) bond motifs is 5. The summed E-state index contributed by atoms with van der Waals surface area (Å²) in [5.74, 6) is -0.578. The number of aliphatic hydroxyl groups excluding tert-OH is 1. The zero-order chi connectivity index (χ0) is 42.1. The molecule has 0 aromatic rings. The van der Waals surface area contributed by atoms with Crippen molar-refractivity contribution in [3.8, 4) is 0 Å². The van der Waals surface area contributed by atoms with Crippen LogP contribution in [0.2, 0.25) is 0 Å². The second-order valence-electron chi connectivity index (χ2n) is 17.0. The molecule has 316 valence electrons. The Hall–Kier alpha value is -4.79. The fourth-order valence-corrected chi connectivity index (χ4v) is 9.17. The van der Waals surface area contributed by atoms with Crippen LogP contribution >= 0.6 is 0 Å². The first kappa shape index (κ1) is 43.8. The third-order valence-electron chi connectivity index (χ3n) is 12.8. The third kappa shape index (κ3) is 10.3. The second kappa shape index (κ2) is 20.5. The van der Waals surface area contributed by atoms with Crippen LogP contribution in [-0.4, -0.2) is 39.3 Å². The predicted molar refractivity (Wildman–Crippen MR) is 239 cm³/mol. The van der Waals surface area contributed by atoms with Crippen molar-refractivity contribution in [2.24, 2.45) is 26.8 Å². The van der Waals surface area contributed by atoms with Gasteiger partial charge in [-0.25, -0.2) is 15.0 Å². The molecule has 5 aliphatic heterocycles. The molecule has 0 amide bonds. The van der Waals surface area contributed by atoms with Crippen LogP contribution in [0.4, 0.5) is 0 Å². The smallest absolute Gasteiger partial charge is 0.311 e. The lowest BCUT2D eigenvalue weighted by atomic mass is 9.86. The van der Waals surface area contributed by atoms with E-state index < -0.39 is 5.97 Å². The highest BCUT2D eigenvalue weighted by Gasteiger charge is 2.41. The van der Waals surface area contributed by atoms with E-state index in [4.69, 9.17) is 19.7 Å². The minimum atomic E-state index is -0.848. The van der Waals surface area contributed by atoms with Crippen LogP contribution in [0.1, 0.15) is 164 Å². The first-order valence-electron chi connectivity index (χ1n) is 22.6. The summed E-state index contributed by atoms with van der Waals surface area (Å²) in [5, 5.41) is 24.6. The molecule has 9 heteroatoms. The number of carbonyl (C=O) groups is 2. The molecule has 2 atom stereocenters. The van der Waals surface area contributed by atoms with Gasteiger partial charge >= 0.3 is 11.9 Å². The van der Waals surface area contributed by atoms with E-state index in [9.17, 15) is 19.8 Å². The van der Waals surface area contributed by atoms with E-state index in [1.54, 1.807) is 0 Å². The van der Waals surface area contributed by atoms with Gasteiger partial charge in [0.2, 0.25) is 0 Å². The van der Waals surface area contributed by atoms with Crippen LogP contribution in [0.5, 0.6) is 0 Å². The maximum absolute atomic E-state index is 13.4. The van der Waals surface area contributed by atoms with E-state index >= 15 is 0 Å². The zero-order valence-electron chi connectivity index (χ0n) is 36.4. The molecule has 1 aliphatic carbocycles. The average Bonchev–Trinajstić information content (AvgIpc) is 3.96. The summed E-state index contributed by atoms with van der Waals surface area (Å²) in [6.45, 7) is 12.5. The summed E-state index contributed by atoms with van der Waals surface area (Å²) < 4.78 is 6.18. The molecule has 0 spiro atoms. The average molecular weight is 803 g/mol. The SMILES string of the molecule is CCCCCCCC/C=C/CCCCCCCCC(=O)OC1=C(C)C2=NC1=CC1=NC(=CC3=C(C)C4=C(O)CC(=C5NC(=C2)[C@@H](C)[C@@H]5CCC(=O)O)C4=N3)C(CC)=C1C. The van der Waals surface area contributed by atoms with Crippen molar-refractivity contribution in [2.45, 2.75) is 164 Å². The Morgan fingerprint density at radius 1 is 0.797 bits per heavy atom. The Kier molecular flexibility index (Phi) is 15.2. The van der Waals surface area contributed by atoms with Crippen LogP contribution in [0, 0.1) is 11.8 Å². The number of aliphatic hydroxyl groups is 1. The van der Waals surface area contributed by atoms with Gasteiger partial charge in [0, 0.05) is 59.2 Å². The lowest BCUT2D eigenvalue weighted by Crippen LogP contribution is -2.15. The molecule has 8 bridgehead atoms. The first-order valence-corrected chi connectivity index (χ1v) is 22.6. The number of rotatable bonds is 21. The van der Waals surface area contributed by atoms with E-state index in [0.29, 0.717) is 36.4 Å². The highest BCUT2D eigenvalue weighted by atomic mass is 16.5. The van der Waals surface area contributed by atoms with E-state index in [1.165, 1.54) is 64.2 Å². The molecule has 0 aromatic carbocycles. The van der Waals surface area contributed by atoms with Crippen molar-refractivity contribution >= 4 is 29.1 Å². The topological polar surface area (TPSA) is 133 Å². The van der Waals surface area contributed by atoms with Gasteiger partial charge < -0.3 is 20.3 Å². The summed E-state index contributed by atoms with van der Waals surface area (Å²) >= 11 is 0. The Morgan fingerprint density at radius 2 is 1.44 bits per heavy atom. The van der Waals surface area contributed by atoms with E-state index in [0.717, 1.165) is 99.8 Å². The van der Waals surface area contributed by atoms with Crippen molar-refractivity contribution in [1.82, 2.24) is 5.32 Å². The number of nitrogens with one attached hydrogen (secondary N) is 1. The van der Waals surface area contributed by atoms with Gasteiger partial charge in [0.1, 0.15) is 11.5 Å². The van der Waals surface area contributed by atoms with Crippen molar-refractivity contribution in [1.29, 1.82) is 0 Å². The Bertz CT molecular complexity index is 2070.